The quantitative estimate of drug-likeness (QED) is 0.770. The standard InChI is InChI=1S/C12H23NO4/c1-7-9(10(14)16-6)8(2)13-11(15)17-12(3,4)5/h8-9H,7H2,1-6H3,(H,13,15)/t8-,9-/m1/s1. The summed E-state index contributed by atoms with van der Waals surface area (Å²) in [4.78, 5) is 23.0. The molecule has 0 unspecified atom stereocenters. The molecule has 0 saturated heterocycles. The maximum Gasteiger partial charge on any atom is 0.407 e. The number of carbonyl (C=O) groups excluding carboxylic acids is 2. The molecule has 0 fully saturated rings. The van der Waals surface area contributed by atoms with E-state index in [1.807, 2.05) is 6.92 Å². The zero-order chi connectivity index (χ0) is 13.6. The van der Waals surface area contributed by atoms with Crippen LogP contribution in [-0.4, -0.2) is 30.8 Å². The number of ether oxygens (including phenoxy) is 2. The van der Waals surface area contributed by atoms with Gasteiger partial charge in [-0.05, 0) is 34.1 Å². The Morgan fingerprint density at radius 2 is 1.82 bits per heavy atom. The average molecular weight is 245 g/mol. The number of hydrogen-bond acceptors (Lipinski definition) is 4. The fraction of sp³-hybridized carbons (Fsp3) is 0.833. The SMILES string of the molecule is CC[C@@H](C(=O)OC)[C@@H](C)NC(=O)OC(C)(C)C. The smallest absolute Gasteiger partial charge is 0.407 e. The van der Waals surface area contributed by atoms with Gasteiger partial charge in [-0.3, -0.25) is 4.79 Å². The van der Waals surface area contributed by atoms with Crippen LogP contribution in [0.3, 0.4) is 0 Å². The molecule has 0 aromatic rings. The highest BCUT2D eigenvalue weighted by atomic mass is 16.6. The van der Waals surface area contributed by atoms with Crippen molar-refractivity contribution in [2.75, 3.05) is 7.11 Å². The second-order valence-electron chi connectivity index (χ2n) is 4.97. The summed E-state index contributed by atoms with van der Waals surface area (Å²) in [6.07, 6.45) is 0.0799. The first kappa shape index (κ1) is 15.7. The predicted molar refractivity (Wildman–Crippen MR) is 64.6 cm³/mol. The highest BCUT2D eigenvalue weighted by Crippen LogP contribution is 2.12. The summed E-state index contributed by atoms with van der Waals surface area (Å²) in [5.41, 5.74) is -0.545. The van der Waals surface area contributed by atoms with Crippen LogP contribution in [0.1, 0.15) is 41.0 Å². The average Bonchev–Trinajstić information content (AvgIpc) is 2.15. The van der Waals surface area contributed by atoms with Crippen molar-refractivity contribution in [2.24, 2.45) is 5.92 Å². The summed E-state index contributed by atoms with van der Waals surface area (Å²) in [6.45, 7) is 8.99. The Morgan fingerprint density at radius 1 is 1.29 bits per heavy atom. The minimum absolute atomic E-state index is 0.317. The molecule has 0 aliphatic heterocycles. The lowest BCUT2D eigenvalue weighted by Crippen LogP contribution is -2.43. The summed E-state index contributed by atoms with van der Waals surface area (Å²) in [7, 11) is 1.34. The maximum atomic E-state index is 11.5. The van der Waals surface area contributed by atoms with E-state index < -0.39 is 11.7 Å². The van der Waals surface area contributed by atoms with E-state index in [4.69, 9.17) is 4.74 Å². The van der Waals surface area contributed by atoms with Gasteiger partial charge >= 0.3 is 12.1 Å². The monoisotopic (exact) mass is 245 g/mol. The van der Waals surface area contributed by atoms with Gasteiger partial charge in [-0.15, -0.1) is 0 Å². The Kier molecular flexibility index (Phi) is 5.99. The summed E-state index contributed by atoms with van der Waals surface area (Å²) in [5.74, 6) is -0.677. The first-order valence-corrected chi connectivity index (χ1v) is 5.78. The Bertz CT molecular complexity index is 270. The number of alkyl carbamates (subject to hydrolysis) is 1. The summed E-state index contributed by atoms with van der Waals surface area (Å²) < 4.78 is 9.79. The molecule has 0 bridgehead atoms. The van der Waals surface area contributed by atoms with Gasteiger partial charge in [0.2, 0.25) is 0 Å². The first-order valence-electron chi connectivity index (χ1n) is 5.78. The Morgan fingerprint density at radius 3 is 2.18 bits per heavy atom. The molecule has 5 nitrogen and oxygen atoms in total. The minimum atomic E-state index is -0.545. The molecule has 0 heterocycles. The van der Waals surface area contributed by atoms with E-state index in [1.165, 1.54) is 7.11 Å². The highest BCUT2D eigenvalue weighted by molar-refractivity contribution is 5.75. The van der Waals surface area contributed by atoms with Gasteiger partial charge in [0.05, 0.1) is 13.0 Å². The Balaban J connectivity index is 4.36. The van der Waals surface area contributed by atoms with Crippen molar-refractivity contribution in [1.29, 1.82) is 0 Å². The lowest BCUT2D eigenvalue weighted by Gasteiger charge is -2.24. The predicted octanol–water partition coefficient (Wildman–Crippen LogP) is 2.10. The molecule has 0 spiro atoms. The third kappa shape index (κ3) is 6.14. The number of hydrogen-bond donors (Lipinski definition) is 1. The van der Waals surface area contributed by atoms with E-state index in [1.54, 1.807) is 27.7 Å². The lowest BCUT2D eigenvalue weighted by atomic mass is 9.99. The number of methoxy groups -OCH3 is 1. The van der Waals surface area contributed by atoms with Gasteiger partial charge in [0.15, 0.2) is 0 Å². The van der Waals surface area contributed by atoms with Gasteiger partial charge < -0.3 is 14.8 Å². The molecule has 0 aromatic heterocycles. The van der Waals surface area contributed by atoms with E-state index in [0.29, 0.717) is 6.42 Å². The van der Waals surface area contributed by atoms with Gasteiger partial charge in [0.25, 0.3) is 0 Å². The summed E-state index contributed by atoms with van der Waals surface area (Å²) in [6, 6.07) is -0.317. The fourth-order valence-electron chi connectivity index (χ4n) is 1.47. The van der Waals surface area contributed by atoms with E-state index in [9.17, 15) is 9.59 Å². The third-order valence-corrected chi connectivity index (χ3v) is 2.29. The molecule has 1 amide bonds. The summed E-state index contributed by atoms with van der Waals surface area (Å²) >= 11 is 0. The molecule has 0 aliphatic carbocycles. The Labute approximate surface area is 103 Å². The number of amides is 1. The molecule has 0 aliphatic rings. The van der Waals surface area contributed by atoms with Crippen molar-refractivity contribution in [3.05, 3.63) is 0 Å². The van der Waals surface area contributed by atoms with Crippen LogP contribution in [0.5, 0.6) is 0 Å². The van der Waals surface area contributed by atoms with Crippen molar-refractivity contribution in [3.63, 3.8) is 0 Å². The van der Waals surface area contributed by atoms with Gasteiger partial charge in [0.1, 0.15) is 5.60 Å². The van der Waals surface area contributed by atoms with Crippen LogP contribution in [0, 0.1) is 5.92 Å². The maximum absolute atomic E-state index is 11.5. The lowest BCUT2D eigenvalue weighted by molar-refractivity contribution is -0.146. The number of rotatable bonds is 4. The molecule has 2 atom stereocenters. The van der Waals surface area contributed by atoms with Crippen LogP contribution in [-0.2, 0) is 14.3 Å². The van der Waals surface area contributed by atoms with Crippen LogP contribution < -0.4 is 5.32 Å². The van der Waals surface area contributed by atoms with Gasteiger partial charge in [-0.1, -0.05) is 6.92 Å². The van der Waals surface area contributed by atoms with Crippen LogP contribution in [0.25, 0.3) is 0 Å². The molecule has 0 rings (SSSR count). The molecule has 0 aromatic carbocycles. The van der Waals surface area contributed by atoms with Gasteiger partial charge in [-0.25, -0.2) is 4.79 Å². The zero-order valence-corrected chi connectivity index (χ0v) is 11.5. The van der Waals surface area contributed by atoms with Crippen LogP contribution >= 0.6 is 0 Å². The molecule has 5 heteroatoms. The van der Waals surface area contributed by atoms with Crippen molar-refractivity contribution >= 4 is 12.1 Å². The van der Waals surface area contributed by atoms with E-state index in [0.717, 1.165) is 0 Å². The minimum Gasteiger partial charge on any atom is -0.469 e. The molecule has 0 saturated carbocycles. The van der Waals surface area contributed by atoms with Crippen molar-refractivity contribution in [3.8, 4) is 0 Å². The zero-order valence-electron chi connectivity index (χ0n) is 11.5. The molecule has 17 heavy (non-hydrogen) atoms. The largest absolute Gasteiger partial charge is 0.469 e. The van der Waals surface area contributed by atoms with Gasteiger partial charge in [0, 0.05) is 6.04 Å². The number of nitrogens with one attached hydrogen (secondary N) is 1. The Hall–Kier alpha value is -1.26. The van der Waals surface area contributed by atoms with E-state index in [-0.39, 0.29) is 17.9 Å². The molecular weight excluding hydrogens is 222 g/mol. The molecule has 100 valence electrons. The van der Waals surface area contributed by atoms with Crippen LogP contribution in [0.2, 0.25) is 0 Å². The van der Waals surface area contributed by atoms with Gasteiger partial charge in [-0.2, -0.15) is 0 Å². The normalized spacial score (nSPS) is 14.7. The third-order valence-electron chi connectivity index (χ3n) is 2.29. The van der Waals surface area contributed by atoms with Crippen molar-refractivity contribution in [2.45, 2.75) is 52.7 Å². The summed E-state index contributed by atoms with van der Waals surface area (Å²) in [5, 5.41) is 2.64. The van der Waals surface area contributed by atoms with Crippen LogP contribution in [0.4, 0.5) is 4.79 Å². The number of carbonyl (C=O) groups is 2. The molecular formula is C12H23NO4. The van der Waals surface area contributed by atoms with E-state index in [2.05, 4.69) is 10.1 Å². The van der Waals surface area contributed by atoms with Crippen LogP contribution in [0.15, 0.2) is 0 Å². The topological polar surface area (TPSA) is 64.6 Å². The second-order valence-corrected chi connectivity index (χ2v) is 4.97. The van der Waals surface area contributed by atoms with E-state index >= 15 is 0 Å². The first-order chi connectivity index (χ1) is 7.71. The number of esters is 1. The highest BCUT2D eigenvalue weighted by Gasteiger charge is 2.27. The second kappa shape index (κ2) is 6.47. The molecule has 1 N–H and O–H groups in total. The fourth-order valence-corrected chi connectivity index (χ4v) is 1.47. The van der Waals surface area contributed by atoms with Crippen molar-refractivity contribution < 1.29 is 19.1 Å². The molecule has 0 radical (unpaired) electrons. The van der Waals surface area contributed by atoms with Crippen molar-refractivity contribution in [1.82, 2.24) is 5.32 Å².